The minimum Gasteiger partial charge on any atom is -0.337 e. The van der Waals surface area contributed by atoms with Crippen molar-refractivity contribution in [1.82, 2.24) is 25.1 Å². The Balaban J connectivity index is 1.59. The van der Waals surface area contributed by atoms with Gasteiger partial charge in [-0.3, -0.25) is 9.59 Å². The number of hydrazine groups is 1. The van der Waals surface area contributed by atoms with Gasteiger partial charge < -0.3 is 15.1 Å². The quantitative estimate of drug-likeness (QED) is 0.660. The zero-order valence-electron chi connectivity index (χ0n) is 20.2. The fourth-order valence-corrected chi connectivity index (χ4v) is 4.75. The van der Waals surface area contributed by atoms with Gasteiger partial charge in [-0.25, -0.2) is 19.2 Å². The van der Waals surface area contributed by atoms with E-state index in [9.17, 15) is 18.8 Å². The van der Waals surface area contributed by atoms with Crippen LogP contribution in [0.5, 0.6) is 0 Å². The summed E-state index contributed by atoms with van der Waals surface area (Å²) in [7, 11) is 1.70. The van der Waals surface area contributed by atoms with Gasteiger partial charge in [0.2, 0.25) is 11.8 Å². The number of rotatable bonds is 7. The average molecular weight is 482 g/mol. The summed E-state index contributed by atoms with van der Waals surface area (Å²) in [6.07, 6.45) is 1.55. The fraction of sp³-hybridized carbons (Fsp3) is 0.423. The van der Waals surface area contributed by atoms with Crippen molar-refractivity contribution in [3.8, 4) is 0 Å². The van der Waals surface area contributed by atoms with Crippen LogP contribution in [-0.2, 0) is 22.6 Å². The number of unbranched alkanes of at least 4 members (excludes halogenated alkanes) is 1. The highest BCUT2D eigenvalue weighted by atomic mass is 19.1. The first kappa shape index (κ1) is 24.7. The largest absolute Gasteiger partial charge is 0.337 e. The Morgan fingerprint density at radius 2 is 1.77 bits per heavy atom. The van der Waals surface area contributed by atoms with E-state index in [-0.39, 0.29) is 43.3 Å². The molecule has 2 fully saturated rings. The molecule has 2 heterocycles. The van der Waals surface area contributed by atoms with Gasteiger partial charge in [-0.15, -0.1) is 0 Å². The lowest BCUT2D eigenvalue weighted by atomic mass is 9.98. The number of hydrogen-bond donors (Lipinski definition) is 1. The molecule has 0 bridgehead atoms. The molecule has 2 aromatic rings. The average Bonchev–Trinajstić information content (AvgIpc) is 2.85. The molecular weight excluding hydrogens is 449 g/mol. The number of amides is 4. The number of likely N-dealkylation sites (N-methyl/N-ethyl adjacent to an activating group) is 1. The molecule has 0 unspecified atom stereocenters. The van der Waals surface area contributed by atoms with E-state index < -0.39 is 12.2 Å². The topological polar surface area (TPSA) is 76.2 Å². The van der Waals surface area contributed by atoms with Crippen LogP contribution in [-0.4, -0.2) is 76.6 Å². The van der Waals surface area contributed by atoms with Gasteiger partial charge in [-0.1, -0.05) is 55.8 Å². The van der Waals surface area contributed by atoms with Crippen LogP contribution in [0, 0.1) is 5.82 Å². The third-order valence-corrected chi connectivity index (χ3v) is 6.56. The maximum Gasteiger partial charge on any atom is 0.334 e. The third kappa shape index (κ3) is 5.45. The molecule has 8 nitrogen and oxygen atoms in total. The van der Waals surface area contributed by atoms with Crippen LogP contribution in [0.2, 0.25) is 0 Å². The highest BCUT2D eigenvalue weighted by Gasteiger charge is 2.50. The number of nitrogens with zero attached hydrogens (tertiary/aromatic N) is 4. The Hall–Kier alpha value is -3.46. The standard InChI is InChI=1S/C26H32FN5O3/c1-3-4-14-30-17-23-31(22(25(30)34)15-19-8-6-5-7-9-19)24(33)18-29(2)32(23)26(35)28-16-20-10-12-21(27)13-11-20/h5-13,22-23H,3-4,14-18H2,1-2H3,(H,28,35)/t22-,23-/m0/s1. The Bertz CT molecular complexity index is 1050. The highest BCUT2D eigenvalue weighted by Crippen LogP contribution is 2.28. The maximum absolute atomic E-state index is 13.5. The molecule has 4 rings (SSSR count). The molecule has 0 spiro atoms. The zero-order valence-corrected chi connectivity index (χ0v) is 20.2. The van der Waals surface area contributed by atoms with E-state index in [0.29, 0.717) is 13.0 Å². The van der Waals surface area contributed by atoms with Crippen molar-refractivity contribution in [2.45, 2.75) is 44.9 Å². The van der Waals surface area contributed by atoms with Gasteiger partial charge in [-0.05, 0) is 29.7 Å². The van der Waals surface area contributed by atoms with Crippen molar-refractivity contribution in [3.05, 3.63) is 71.5 Å². The number of nitrogens with one attached hydrogen (secondary N) is 1. The Labute approximate surface area is 205 Å². The van der Waals surface area contributed by atoms with Gasteiger partial charge in [0.15, 0.2) is 0 Å². The SMILES string of the molecule is CCCCN1C[C@H]2N(C(=O)CN(C)N2C(=O)NCc2ccc(F)cc2)[C@@H](Cc2ccccc2)C1=O. The van der Waals surface area contributed by atoms with Gasteiger partial charge in [0.25, 0.3) is 0 Å². The van der Waals surface area contributed by atoms with Crippen molar-refractivity contribution in [2.75, 3.05) is 26.7 Å². The Kier molecular flexibility index (Phi) is 7.65. The molecule has 2 aromatic carbocycles. The molecule has 2 aliphatic rings. The van der Waals surface area contributed by atoms with E-state index in [1.54, 1.807) is 34.0 Å². The number of halogens is 1. The molecular formula is C26H32FN5O3. The van der Waals surface area contributed by atoms with Crippen LogP contribution in [0.15, 0.2) is 54.6 Å². The number of benzene rings is 2. The van der Waals surface area contributed by atoms with Crippen LogP contribution >= 0.6 is 0 Å². The van der Waals surface area contributed by atoms with Gasteiger partial charge in [0.05, 0.1) is 13.1 Å². The van der Waals surface area contributed by atoms with Crippen molar-refractivity contribution < 1.29 is 18.8 Å². The molecule has 9 heteroatoms. The number of piperazine rings is 1. The summed E-state index contributed by atoms with van der Waals surface area (Å²) in [6.45, 7) is 3.11. The maximum atomic E-state index is 13.5. The first-order valence-corrected chi connectivity index (χ1v) is 12.1. The van der Waals surface area contributed by atoms with Crippen LogP contribution in [0.4, 0.5) is 9.18 Å². The summed E-state index contributed by atoms with van der Waals surface area (Å²) >= 11 is 0. The normalized spacial score (nSPS) is 20.7. The molecule has 2 saturated heterocycles. The second kappa shape index (κ2) is 10.9. The third-order valence-electron chi connectivity index (χ3n) is 6.56. The summed E-state index contributed by atoms with van der Waals surface area (Å²) in [6, 6.07) is 14.5. The first-order valence-electron chi connectivity index (χ1n) is 12.1. The van der Waals surface area contributed by atoms with E-state index in [0.717, 1.165) is 24.0 Å². The predicted octanol–water partition coefficient (Wildman–Crippen LogP) is 2.61. The monoisotopic (exact) mass is 481 g/mol. The molecule has 2 aliphatic heterocycles. The Morgan fingerprint density at radius 1 is 1.06 bits per heavy atom. The molecule has 4 amide bonds. The molecule has 0 aromatic heterocycles. The van der Waals surface area contributed by atoms with Gasteiger partial charge in [0.1, 0.15) is 18.0 Å². The van der Waals surface area contributed by atoms with Gasteiger partial charge >= 0.3 is 6.03 Å². The number of carbonyl (C=O) groups is 3. The van der Waals surface area contributed by atoms with Gasteiger partial charge in [-0.2, -0.15) is 0 Å². The number of carbonyl (C=O) groups excluding carboxylic acids is 3. The van der Waals surface area contributed by atoms with E-state index in [1.807, 2.05) is 30.3 Å². The lowest BCUT2D eigenvalue weighted by molar-refractivity contribution is -0.186. The zero-order chi connectivity index (χ0) is 24.9. The number of hydrogen-bond acceptors (Lipinski definition) is 4. The van der Waals surface area contributed by atoms with Crippen molar-refractivity contribution in [1.29, 1.82) is 0 Å². The molecule has 186 valence electrons. The summed E-state index contributed by atoms with van der Waals surface area (Å²) in [5, 5.41) is 6.03. The van der Waals surface area contributed by atoms with Crippen molar-refractivity contribution >= 4 is 17.8 Å². The van der Waals surface area contributed by atoms with Crippen LogP contribution in [0.1, 0.15) is 30.9 Å². The highest BCUT2D eigenvalue weighted by molar-refractivity contribution is 5.91. The summed E-state index contributed by atoms with van der Waals surface area (Å²) in [5.41, 5.74) is 1.72. The van der Waals surface area contributed by atoms with Crippen LogP contribution in [0.3, 0.4) is 0 Å². The summed E-state index contributed by atoms with van der Waals surface area (Å²) < 4.78 is 13.2. The number of urea groups is 1. The fourth-order valence-electron chi connectivity index (χ4n) is 4.75. The summed E-state index contributed by atoms with van der Waals surface area (Å²) in [5.74, 6) is -0.596. The Morgan fingerprint density at radius 3 is 2.46 bits per heavy atom. The van der Waals surface area contributed by atoms with E-state index in [1.165, 1.54) is 17.1 Å². The molecule has 0 saturated carbocycles. The first-order chi connectivity index (χ1) is 16.9. The second-order valence-electron chi connectivity index (χ2n) is 9.07. The molecule has 0 aliphatic carbocycles. The molecule has 1 N–H and O–H groups in total. The van der Waals surface area contributed by atoms with E-state index in [2.05, 4.69) is 12.2 Å². The van der Waals surface area contributed by atoms with E-state index in [4.69, 9.17) is 0 Å². The van der Waals surface area contributed by atoms with Crippen LogP contribution in [0.25, 0.3) is 0 Å². The minimum absolute atomic E-state index is 0.00595. The van der Waals surface area contributed by atoms with Crippen LogP contribution < -0.4 is 5.32 Å². The lowest BCUT2D eigenvalue weighted by Crippen LogP contribution is -2.76. The second-order valence-corrected chi connectivity index (χ2v) is 9.07. The smallest absolute Gasteiger partial charge is 0.334 e. The van der Waals surface area contributed by atoms with Crippen molar-refractivity contribution in [3.63, 3.8) is 0 Å². The summed E-state index contributed by atoms with van der Waals surface area (Å²) in [4.78, 5) is 43.4. The molecule has 35 heavy (non-hydrogen) atoms. The lowest BCUT2D eigenvalue weighted by Gasteiger charge is -2.54. The van der Waals surface area contributed by atoms with E-state index >= 15 is 0 Å². The molecule has 0 radical (unpaired) electrons. The number of fused-ring (bicyclic) bond motifs is 1. The predicted molar refractivity (Wildman–Crippen MR) is 129 cm³/mol. The molecule has 2 atom stereocenters. The van der Waals surface area contributed by atoms with Crippen molar-refractivity contribution in [2.24, 2.45) is 0 Å². The van der Waals surface area contributed by atoms with Gasteiger partial charge in [0, 0.05) is 26.6 Å². The minimum atomic E-state index is -0.679.